The number of benzene rings is 1. The number of amides is 1. The van der Waals surface area contributed by atoms with Gasteiger partial charge in [-0.1, -0.05) is 0 Å². The molecule has 2 aromatic heterocycles. The molecule has 0 saturated heterocycles. The summed E-state index contributed by atoms with van der Waals surface area (Å²) in [4.78, 5) is 42.1. The zero-order chi connectivity index (χ0) is 21.4. The molecule has 156 valence electrons. The molecule has 0 radical (unpaired) electrons. The number of anilines is 1. The average Bonchev–Trinajstić information content (AvgIpc) is 3.37. The van der Waals surface area contributed by atoms with Crippen LogP contribution in [-0.2, 0) is 22.5 Å². The number of aryl methyl sites for hydroxylation is 1. The van der Waals surface area contributed by atoms with E-state index in [9.17, 15) is 14.4 Å². The number of fused-ring (bicyclic) bond motifs is 2. The molecule has 0 bridgehead atoms. The summed E-state index contributed by atoms with van der Waals surface area (Å²) in [5.41, 5.74) is 0.603. The minimum Gasteiger partial charge on any atom is -0.449 e. The normalized spacial score (nSPS) is 14.0. The van der Waals surface area contributed by atoms with Crippen molar-refractivity contribution in [3.05, 3.63) is 52.2 Å². The minimum absolute atomic E-state index is 0.0729. The molecule has 0 saturated carbocycles. The topological polar surface area (TPSA) is 108 Å². The van der Waals surface area contributed by atoms with E-state index in [0.717, 1.165) is 18.7 Å². The number of nitrogens with one attached hydrogen (secondary N) is 1. The van der Waals surface area contributed by atoms with Gasteiger partial charge < -0.3 is 10.1 Å². The maximum atomic E-state index is 12.6. The maximum absolute atomic E-state index is 12.6. The molecule has 9 nitrogen and oxygen atoms in total. The number of carbonyl (C=O) groups is 2. The number of carbonyl (C=O) groups excluding carboxylic acids is 2. The number of rotatable bonds is 5. The van der Waals surface area contributed by atoms with Crippen molar-refractivity contribution in [2.75, 3.05) is 5.32 Å². The molecule has 9 heteroatoms. The molecule has 1 aromatic carbocycles. The first-order valence-electron chi connectivity index (χ1n) is 9.94. The molecule has 4 rings (SSSR count). The van der Waals surface area contributed by atoms with Crippen LogP contribution in [0.15, 0.2) is 35.3 Å². The van der Waals surface area contributed by atoms with Crippen LogP contribution in [0.3, 0.4) is 0 Å². The molecule has 30 heavy (non-hydrogen) atoms. The maximum Gasteiger partial charge on any atom is 0.338 e. The first-order valence-corrected chi connectivity index (χ1v) is 9.94. The summed E-state index contributed by atoms with van der Waals surface area (Å²) in [6.07, 6.45) is 2.20. The smallest absolute Gasteiger partial charge is 0.338 e. The molecular formula is C21H23N5O4. The van der Waals surface area contributed by atoms with Crippen LogP contribution >= 0.6 is 0 Å². The highest BCUT2D eigenvalue weighted by Crippen LogP contribution is 2.18. The first-order chi connectivity index (χ1) is 14.3. The van der Waals surface area contributed by atoms with E-state index in [1.807, 2.05) is 13.8 Å². The van der Waals surface area contributed by atoms with Crippen LogP contribution in [0.4, 0.5) is 5.82 Å². The second-order valence-corrected chi connectivity index (χ2v) is 7.61. The van der Waals surface area contributed by atoms with Gasteiger partial charge in [0.2, 0.25) is 0 Å². The Morgan fingerprint density at radius 1 is 1.20 bits per heavy atom. The van der Waals surface area contributed by atoms with Gasteiger partial charge in [-0.3, -0.25) is 14.2 Å². The molecule has 1 amide bonds. The van der Waals surface area contributed by atoms with Gasteiger partial charge in [0.15, 0.2) is 6.10 Å². The van der Waals surface area contributed by atoms with Crippen molar-refractivity contribution in [1.82, 2.24) is 19.3 Å². The molecule has 1 atom stereocenters. The fourth-order valence-corrected chi connectivity index (χ4v) is 3.55. The first kappa shape index (κ1) is 19.8. The fraction of sp³-hybridized carbons (Fsp3) is 0.381. The van der Waals surface area contributed by atoms with Crippen molar-refractivity contribution in [3.63, 3.8) is 0 Å². The van der Waals surface area contributed by atoms with Gasteiger partial charge in [-0.05, 0) is 45.4 Å². The van der Waals surface area contributed by atoms with E-state index >= 15 is 0 Å². The van der Waals surface area contributed by atoms with Gasteiger partial charge in [-0.25, -0.2) is 14.5 Å². The third-order valence-electron chi connectivity index (χ3n) is 5.12. The van der Waals surface area contributed by atoms with Gasteiger partial charge in [-0.2, -0.15) is 5.10 Å². The van der Waals surface area contributed by atoms with Gasteiger partial charge in [0, 0.05) is 25.1 Å². The fourth-order valence-electron chi connectivity index (χ4n) is 3.55. The Hall–Kier alpha value is -3.49. The Balaban J connectivity index is 1.49. The van der Waals surface area contributed by atoms with E-state index in [-0.39, 0.29) is 17.2 Å². The average molecular weight is 409 g/mol. The van der Waals surface area contributed by atoms with Gasteiger partial charge in [0.05, 0.1) is 22.7 Å². The summed E-state index contributed by atoms with van der Waals surface area (Å²) in [6.45, 7) is 6.06. The van der Waals surface area contributed by atoms with Crippen LogP contribution < -0.4 is 10.9 Å². The number of nitrogens with zero attached hydrogens (tertiary/aromatic N) is 4. The summed E-state index contributed by atoms with van der Waals surface area (Å²) < 4.78 is 8.67. The monoisotopic (exact) mass is 409 g/mol. The molecule has 0 unspecified atom stereocenters. The van der Waals surface area contributed by atoms with E-state index in [1.54, 1.807) is 27.6 Å². The summed E-state index contributed by atoms with van der Waals surface area (Å²) in [5, 5.41) is 7.34. The number of hydrogen-bond acceptors (Lipinski definition) is 6. The minimum atomic E-state index is -1.01. The molecule has 1 N–H and O–H groups in total. The van der Waals surface area contributed by atoms with Crippen molar-refractivity contribution >= 4 is 28.6 Å². The lowest BCUT2D eigenvalue weighted by Gasteiger charge is -2.16. The van der Waals surface area contributed by atoms with E-state index in [1.165, 1.54) is 19.1 Å². The van der Waals surface area contributed by atoms with Crippen molar-refractivity contribution < 1.29 is 14.3 Å². The number of aromatic nitrogens is 4. The Bertz CT molecular complexity index is 1190. The van der Waals surface area contributed by atoms with E-state index in [4.69, 9.17) is 4.74 Å². The van der Waals surface area contributed by atoms with Crippen molar-refractivity contribution in [1.29, 1.82) is 0 Å². The molecule has 3 aromatic rings. The zero-order valence-electron chi connectivity index (χ0n) is 17.1. The highest BCUT2D eigenvalue weighted by molar-refractivity contribution is 5.98. The number of esters is 1. The van der Waals surface area contributed by atoms with Crippen LogP contribution in [-0.4, -0.2) is 37.3 Å². The second-order valence-electron chi connectivity index (χ2n) is 7.61. The Morgan fingerprint density at radius 3 is 2.77 bits per heavy atom. The lowest BCUT2D eigenvalue weighted by atomic mass is 10.1. The SMILES string of the molecule is CC(C)n1nccc1NC(=O)[C@@H](C)OC(=O)c1ccc2c(=O)n3c(nc2c1)CCC3. The standard InChI is InChI=1S/C21H23N5O4/c1-12(2)26-18(8-9-22-26)24-19(27)13(3)30-21(29)14-6-7-15-16(11-14)23-17-5-4-10-25(17)20(15)28/h6-9,11-13H,4-5,10H2,1-3H3,(H,24,27)/t13-/m1/s1. The number of hydrogen-bond donors (Lipinski definition) is 1. The van der Waals surface area contributed by atoms with Crippen LogP contribution in [0.2, 0.25) is 0 Å². The third-order valence-corrected chi connectivity index (χ3v) is 5.12. The molecule has 0 aliphatic carbocycles. The molecule has 1 aliphatic rings. The van der Waals surface area contributed by atoms with Crippen molar-refractivity contribution in [2.24, 2.45) is 0 Å². The van der Waals surface area contributed by atoms with Gasteiger partial charge in [0.1, 0.15) is 11.6 Å². The molecule has 0 spiro atoms. The molecule has 0 fully saturated rings. The van der Waals surface area contributed by atoms with Gasteiger partial charge >= 0.3 is 5.97 Å². The molecular weight excluding hydrogens is 386 g/mol. The van der Waals surface area contributed by atoms with E-state index in [2.05, 4.69) is 15.4 Å². The zero-order valence-corrected chi connectivity index (χ0v) is 17.1. The van der Waals surface area contributed by atoms with Crippen molar-refractivity contribution in [2.45, 2.75) is 52.3 Å². The molecule has 3 heterocycles. The molecule has 1 aliphatic heterocycles. The summed E-state index contributed by atoms with van der Waals surface area (Å²) in [5.74, 6) is 0.148. The van der Waals surface area contributed by atoms with Crippen LogP contribution in [0, 0.1) is 0 Å². The highest BCUT2D eigenvalue weighted by atomic mass is 16.5. The lowest BCUT2D eigenvalue weighted by molar-refractivity contribution is -0.123. The van der Waals surface area contributed by atoms with Gasteiger partial charge in [0.25, 0.3) is 11.5 Å². The summed E-state index contributed by atoms with van der Waals surface area (Å²) >= 11 is 0. The van der Waals surface area contributed by atoms with Gasteiger partial charge in [-0.15, -0.1) is 0 Å². The van der Waals surface area contributed by atoms with Crippen LogP contribution in [0.1, 0.15) is 49.4 Å². The summed E-state index contributed by atoms with van der Waals surface area (Å²) in [6, 6.07) is 6.39. The Labute approximate surface area is 172 Å². The van der Waals surface area contributed by atoms with E-state index in [0.29, 0.717) is 23.3 Å². The van der Waals surface area contributed by atoms with Crippen LogP contribution in [0.25, 0.3) is 10.9 Å². The Morgan fingerprint density at radius 2 is 2.00 bits per heavy atom. The quantitative estimate of drug-likeness (QED) is 0.648. The summed E-state index contributed by atoms with van der Waals surface area (Å²) in [7, 11) is 0. The van der Waals surface area contributed by atoms with E-state index < -0.39 is 18.0 Å². The second kappa shape index (κ2) is 7.74. The Kier molecular flexibility index (Phi) is 5.11. The lowest BCUT2D eigenvalue weighted by Crippen LogP contribution is -2.31. The largest absolute Gasteiger partial charge is 0.449 e. The predicted octanol–water partition coefficient (Wildman–Crippen LogP) is 2.30. The van der Waals surface area contributed by atoms with Crippen molar-refractivity contribution in [3.8, 4) is 0 Å². The van der Waals surface area contributed by atoms with Crippen LogP contribution in [0.5, 0.6) is 0 Å². The number of ether oxygens (including phenoxy) is 1. The highest BCUT2D eigenvalue weighted by Gasteiger charge is 2.22. The third kappa shape index (κ3) is 3.58. The predicted molar refractivity (Wildman–Crippen MR) is 110 cm³/mol.